The topological polar surface area (TPSA) is 83.5 Å². The predicted molar refractivity (Wildman–Crippen MR) is 86.0 cm³/mol. The third-order valence-electron chi connectivity index (χ3n) is 3.95. The number of methoxy groups -OCH3 is 2. The van der Waals surface area contributed by atoms with Gasteiger partial charge < -0.3 is 28.6 Å². The van der Waals surface area contributed by atoms with Crippen LogP contribution in [0.3, 0.4) is 0 Å². The molecule has 0 radical (unpaired) electrons. The fourth-order valence-electron chi connectivity index (χ4n) is 2.60. The van der Waals surface area contributed by atoms with Crippen LogP contribution in [-0.2, 0) is 28.5 Å². The van der Waals surface area contributed by atoms with Gasteiger partial charge in [-0.3, -0.25) is 0 Å². The van der Waals surface area contributed by atoms with Crippen molar-refractivity contribution in [3.05, 3.63) is 35.3 Å². The number of nitrogens with zero attached hydrogens (tertiary/aromatic N) is 1. The molecule has 9 heteroatoms. The monoisotopic (exact) mass is 367 g/mol. The molecule has 2 heterocycles. The van der Waals surface area contributed by atoms with E-state index in [1.807, 2.05) is 0 Å². The summed E-state index contributed by atoms with van der Waals surface area (Å²) < 4.78 is 39.7. The lowest BCUT2D eigenvalue weighted by Gasteiger charge is -2.34. The molecule has 140 valence electrons. The SMILES string of the molecule is COC(=O)C1=C(C(=O)OC)N(c2cc(F)ccc2OC2COC2)COC1. The fourth-order valence-corrected chi connectivity index (χ4v) is 2.60. The van der Waals surface area contributed by atoms with Gasteiger partial charge in [-0.2, -0.15) is 0 Å². The number of hydrogen-bond donors (Lipinski definition) is 0. The summed E-state index contributed by atoms with van der Waals surface area (Å²) in [5.74, 6) is -1.71. The summed E-state index contributed by atoms with van der Waals surface area (Å²) in [6.45, 7) is 0.613. The van der Waals surface area contributed by atoms with Crippen molar-refractivity contribution in [1.82, 2.24) is 0 Å². The second-order valence-electron chi connectivity index (χ2n) is 5.61. The van der Waals surface area contributed by atoms with E-state index in [1.165, 1.54) is 37.3 Å². The Bertz CT molecular complexity index is 745. The summed E-state index contributed by atoms with van der Waals surface area (Å²) in [5.41, 5.74) is 0.136. The van der Waals surface area contributed by atoms with Crippen LogP contribution in [0.5, 0.6) is 5.75 Å². The van der Waals surface area contributed by atoms with Crippen molar-refractivity contribution in [2.45, 2.75) is 6.10 Å². The number of ether oxygens (including phenoxy) is 5. The smallest absolute Gasteiger partial charge is 0.355 e. The number of halogens is 1. The van der Waals surface area contributed by atoms with Gasteiger partial charge in [0, 0.05) is 6.07 Å². The van der Waals surface area contributed by atoms with E-state index in [0.29, 0.717) is 19.0 Å². The maximum Gasteiger partial charge on any atom is 0.355 e. The molecule has 8 nitrogen and oxygen atoms in total. The number of carbonyl (C=O) groups is 2. The molecule has 1 saturated heterocycles. The van der Waals surface area contributed by atoms with E-state index in [1.54, 1.807) is 0 Å². The molecule has 2 aliphatic heterocycles. The molecule has 0 saturated carbocycles. The van der Waals surface area contributed by atoms with Gasteiger partial charge in [-0.15, -0.1) is 0 Å². The maximum absolute atomic E-state index is 13.9. The summed E-state index contributed by atoms with van der Waals surface area (Å²) in [7, 11) is 2.38. The van der Waals surface area contributed by atoms with Gasteiger partial charge in [-0.25, -0.2) is 14.0 Å². The van der Waals surface area contributed by atoms with Gasteiger partial charge in [0.1, 0.15) is 30.1 Å². The minimum Gasteiger partial charge on any atom is -0.483 e. The number of benzene rings is 1. The Balaban J connectivity index is 2.06. The molecule has 0 N–H and O–H groups in total. The Morgan fingerprint density at radius 2 is 1.88 bits per heavy atom. The summed E-state index contributed by atoms with van der Waals surface area (Å²) in [6, 6.07) is 3.89. The van der Waals surface area contributed by atoms with Crippen LogP contribution in [0.2, 0.25) is 0 Å². The zero-order valence-corrected chi connectivity index (χ0v) is 14.3. The maximum atomic E-state index is 13.9. The van der Waals surface area contributed by atoms with E-state index in [-0.39, 0.29) is 36.4 Å². The Morgan fingerprint density at radius 3 is 2.50 bits per heavy atom. The molecule has 3 rings (SSSR count). The Hall–Kier alpha value is -2.65. The van der Waals surface area contributed by atoms with E-state index >= 15 is 0 Å². The highest BCUT2D eigenvalue weighted by atomic mass is 19.1. The van der Waals surface area contributed by atoms with Crippen LogP contribution >= 0.6 is 0 Å². The van der Waals surface area contributed by atoms with Crippen LogP contribution in [0.15, 0.2) is 29.5 Å². The second kappa shape index (κ2) is 7.71. The lowest BCUT2D eigenvalue weighted by Crippen LogP contribution is -2.41. The molecule has 1 fully saturated rings. The van der Waals surface area contributed by atoms with Crippen molar-refractivity contribution >= 4 is 17.6 Å². The van der Waals surface area contributed by atoms with Crippen LogP contribution in [0.25, 0.3) is 0 Å². The zero-order valence-electron chi connectivity index (χ0n) is 14.3. The Kier molecular flexibility index (Phi) is 5.38. The van der Waals surface area contributed by atoms with Crippen molar-refractivity contribution in [3.8, 4) is 5.75 Å². The number of carbonyl (C=O) groups excluding carboxylic acids is 2. The number of hydrogen-bond acceptors (Lipinski definition) is 8. The normalized spacial score (nSPS) is 17.6. The van der Waals surface area contributed by atoms with Gasteiger partial charge in [0.25, 0.3) is 0 Å². The highest BCUT2D eigenvalue weighted by Crippen LogP contribution is 2.35. The average Bonchev–Trinajstić information content (AvgIpc) is 2.63. The minimum atomic E-state index is -0.768. The molecule has 0 atom stereocenters. The van der Waals surface area contributed by atoms with E-state index in [4.69, 9.17) is 23.7 Å². The van der Waals surface area contributed by atoms with Crippen LogP contribution in [0.4, 0.5) is 10.1 Å². The molecule has 26 heavy (non-hydrogen) atoms. The average molecular weight is 367 g/mol. The highest BCUT2D eigenvalue weighted by Gasteiger charge is 2.34. The molecule has 1 aromatic carbocycles. The predicted octanol–water partition coefficient (Wildman–Crippen LogP) is 0.997. The van der Waals surface area contributed by atoms with Gasteiger partial charge in [-0.1, -0.05) is 0 Å². The summed E-state index contributed by atoms with van der Waals surface area (Å²) in [6.07, 6.45) is -0.171. The van der Waals surface area contributed by atoms with Crippen LogP contribution in [-0.4, -0.2) is 58.8 Å². The summed E-state index contributed by atoms with van der Waals surface area (Å²) in [4.78, 5) is 25.7. The molecule has 2 aliphatic rings. The largest absolute Gasteiger partial charge is 0.483 e. The van der Waals surface area contributed by atoms with Gasteiger partial charge >= 0.3 is 11.9 Å². The summed E-state index contributed by atoms with van der Waals surface area (Å²) in [5, 5.41) is 0. The first-order valence-electron chi connectivity index (χ1n) is 7.84. The van der Waals surface area contributed by atoms with Crippen molar-refractivity contribution in [1.29, 1.82) is 0 Å². The molecule has 0 spiro atoms. The lowest BCUT2D eigenvalue weighted by molar-refractivity contribution is -0.140. The Morgan fingerprint density at radius 1 is 1.15 bits per heavy atom. The van der Waals surface area contributed by atoms with Crippen molar-refractivity contribution < 1.29 is 37.7 Å². The zero-order chi connectivity index (χ0) is 18.7. The number of rotatable bonds is 5. The minimum absolute atomic E-state index is 0.0206. The van der Waals surface area contributed by atoms with Crippen LogP contribution < -0.4 is 9.64 Å². The van der Waals surface area contributed by atoms with Crippen molar-refractivity contribution in [2.75, 3.05) is 45.7 Å². The lowest BCUT2D eigenvalue weighted by atomic mass is 10.1. The van der Waals surface area contributed by atoms with Crippen LogP contribution in [0.1, 0.15) is 0 Å². The van der Waals surface area contributed by atoms with Gasteiger partial charge in [-0.05, 0) is 12.1 Å². The molecule has 0 aromatic heterocycles. The third-order valence-corrected chi connectivity index (χ3v) is 3.95. The molecule has 0 aliphatic carbocycles. The van der Waals surface area contributed by atoms with Crippen molar-refractivity contribution in [2.24, 2.45) is 0 Å². The molecule has 0 unspecified atom stereocenters. The van der Waals surface area contributed by atoms with Crippen molar-refractivity contribution in [3.63, 3.8) is 0 Å². The van der Waals surface area contributed by atoms with Crippen LogP contribution in [0, 0.1) is 5.82 Å². The highest BCUT2D eigenvalue weighted by molar-refractivity contribution is 6.03. The third kappa shape index (κ3) is 3.49. The Labute approximate surface area is 149 Å². The van der Waals surface area contributed by atoms with E-state index in [0.717, 1.165) is 0 Å². The molecular formula is C17H18FNO7. The molecule has 1 aromatic rings. The van der Waals surface area contributed by atoms with E-state index in [2.05, 4.69) is 0 Å². The van der Waals surface area contributed by atoms with Gasteiger partial charge in [0.2, 0.25) is 0 Å². The molecular weight excluding hydrogens is 349 g/mol. The first kappa shape index (κ1) is 18.2. The van der Waals surface area contributed by atoms with E-state index < -0.39 is 17.8 Å². The van der Waals surface area contributed by atoms with Gasteiger partial charge in [0.05, 0.1) is 45.3 Å². The second-order valence-corrected chi connectivity index (χ2v) is 5.61. The molecule has 0 amide bonds. The first-order valence-corrected chi connectivity index (χ1v) is 7.84. The van der Waals surface area contributed by atoms with Gasteiger partial charge in [0.15, 0.2) is 0 Å². The number of esters is 2. The summed E-state index contributed by atoms with van der Waals surface area (Å²) >= 11 is 0. The first-order chi connectivity index (χ1) is 12.5. The quantitative estimate of drug-likeness (QED) is 0.713. The fraction of sp³-hybridized carbons (Fsp3) is 0.412. The number of anilines is 1. The molecule has 0 bridgehead atoms. The standard InChI is InChI=1S/C17H18FNO7/c1-22-16(20)12-8-25-9-19(15(12)17(21)23-2)13-5-10(18)3-4-14(13)26-11-6-24-7-11/h3-5,11H,6-9H2,1-2H3. The van der Waals surface area contributed by atoms with E-state index in [9.17, 15) is 14.0 Å².